The summed E-state index contributed by atoms with van der Waals surface area (Å²) in [5.41, 5.74) is 0. The average molecular weight is 402 g/mol. The minimum absolute atomic E-state index is 0.0365. The summed E-state index contributed by atoms with van der Waals surface area (Å²) in [6.07, 6.45) is 1.81. The van der Waals surface area contributed by atoms with Crippen LogP contribution in [0.25, 0.3) is 0 Å². The number of aliphatic imine (C=N–C) groups is 1. The largest absolute Gasteiger partial charge is 0.497 e. The highest BCUT2D eigenvalue weighted by atomic mass is 16.5. The average Bonchev–Trinajstić information content (AvgIpc) is 3.13. The van der Waals surface area contributed by atoms with Gasteiger partial charge in [-0.1, -0.05) is 6.07 Å². The van der Waals surface area contributed by atoms with Crippen LogP contribution in [-0.4, -0.2) is 60.7 Å². The molecule has 29 heavy (non-hydrogen) atoms. The minimum atomic E-state index is -0.0365. The van der Waals surface area contributed by atoms with Crippen LogP contribution < -0.4 is 20.1 Å². The predicted molar refractivity (Wildman–Crippen MR) is 110 cm³/mol. The number of rotatable bonds is 8. The molecule has 2 heterocycles. The molecule has 0 bridgehead atoms. The zero-order valence-corrected chi connectivity index (χ0v) is 17.5. The van der Waals surface area contributed by atoms with Crippen molar-refractivity contribution in [1.82, 2.24) is 25.4 Å². The maximum atomic E-state index is 5.95. The van der Waals surface area contributed by atoms with E-state index >= 15 is 0 Å². The monoisotopic (exact) mass is 402 g/mol. The van der Waals surface area contributed by atoms with Gasteiger partial charge in [-0.3, -0.25) is 4.99 Å². The van der Waals surface area contributed by atoms with Gasteiger partial charge in [0.15, 0.2) is 11.8 Å². The Morgan fingerprint density at radius 3 is 2.93 bits per heavy atom. The van der Waals surface area contributed by atoms with E-state index in [4.69, 9.17) is 14.2 Å². The van der Waals surface area contributed by atoms with Crippen LogP contribution in [0.3, 0.4) is 0 Å². The lowest BCUT2D eigenvalue weighted by atomic mass is 10.1. The molecule has 1 aliphatic heterocycles. The Morgan fingerprint density at radius 1 is 1.34 bits per heavy atom. The van der Waals surface area contributed by atoms with E-state index in [1.165, 1.54) is 0 Å². The number of benzene rings is 1. The number of nitrogens with zero attached hydrogens (tertiary/aromatic N) is 4. The molecule has 0 radical (unpaired) electrons. The minimum Gasteiger partial charge on any atom is -0.497 e. The van der Waals surface area contributed by atoms with Gasteiger partial charge in [-0.05, 0) is 25.5 Å². The summed E-state index contributed by atoms with van der Waals surface area (Å²) in [7, 11) is 5.06. The van der Waals surface area contributed by atoms with Crippen LogP contribution in [-0.2, 0) is 24.3 Å². The smallest absolute Gasteiger partial charge is 0.191 e. The second kappa shape index (κ2) is 10.1. The van der Waals surface area contributed by atoms with Gasteiger partial charge >= 0.3 is 0 Å². The Kier molecular flexibility index (Phi) is 7.29. The first-order valence-electron chi connectivity index (χ1n) is 9.80. The molecule has 3 rings (SSSR count). The van der Waals surface area contributed by atoms with E-state index in [2.05, 4.69) is 25.7 Å². The molecule has 0 amide bonds. The lowest BCUT2D eigenvalue weighted by Gasteiger charge is -2.26. The number of aryl methyl sites for hydroxylation is 1. The van der Waals surface area contributed by atoms with E-state index in [0.717, 1.165) is 48.5 Å². The van der Waals surface area contributed by atoms with E-state index in [0.29, 0.717) is 13.2 Å². The third kappa shape index (κ3) is 5.83. The molecule has 0 saturated heterocycles. The number of aromatic nitrogens is 3. The van der Waals surface area contributed by atoms with Gasteiger partial charge in [-0.15, -0.1) is 0 Å². The van der Waals surface area contributed by atoms with E-state index < -0.39 is 0 Å². The quantitative estimate of drug-likeness (QED) is 0.509. The molecule has 2 unspecified atom stereocenters. The van der Waals surface area contributed by atoms with Crippen LogP contribution in [0, 0.1) is 0 Å². The number of hydrogen-bond acceptors (Lipinski definition) is 6. The van der Waals surface area contributed by atoms with Gasteiger partial charge in [0, 0.05) is 32.7 Å². The van der Waals surface area contributed by atoms with E-state index in [1.54, 1.807) is 21.3 Å². The molecule has 2 aromatic rings. The zero-order valence-electron chi connectivity index (χ0n) is 17.5. The Hall–Kier alpha value is -2.81. The van der Waals surface area contributed by atoms with Gasteiger partial charge in [-0.25, -0.2) is 9.67 Å². The van der Waals surface area contributed by atoms with E-state index in [-0.39, 0.29) is 12.1 Å². The molecule has 9 nitrogen and oxygen atoms in total. The van der Waals surface area contributed by atoms with Gasteiger partial charge < -0.3 is 24.8 Å². The molecule has 0 aliphatic carbocycles. The number of guanidine groups is 1. The SMILES string of the molecule is CN=C(NCC(C)Oc1cccc(OC)c1)NC1CCc2nc(COC)nn2C1. The summed E-state index contributed by atoms with van der Waals surface area (Å²) in [4.78, 5) is 8.85. The molecular weight excluding hydrogens is 372 g/mol. The van der Waals surface area contributed by atoms with Crippen LogP contribution in [0.15, 0.2) is 29.3 Å². The Labute approximate surface area is 171 Å². The summed E-state index contributed by atoms with van der Waals surface area (Å²) >= 11 is 0. The van der Waals surface area contributed by atoms with Crippen LogP contribution in [0.2, 0.25) is 0 Å². The second-order valence-electron chi connectivity index (χ2n) is 7.00. The summed E-state index contributed by atoms with van der Waals surface area (Å²) < 4.78 is 18.3. The van der Waals surface area contributed by atoms with Gasteiger partial charge in [0.2, 0.25) is 0 Å². The standard InChI is InChI=1S/C20H30N6O3/c1-14(29-17-7-5-6-16(10-17)28-4)11-22-20(21-2)23-15-8-9-19-24-18(13-27-3)25-26(19)12-15/h5-7,10,14-15H,8-9,11-13H2,1-4H3,(H2,21,22,23). The molecule has 2 N–H and O–H groups in total. The maximum absolute atomic E-state index is 5.95. The third-order valence-electron chi connectivity index (χ3n) is 4.68. The Balaban J connectivity index is 1.47. The lowest BCUT2D eigenvalue weighted by Crippen LogP contribution is -2.48. The first kappa shape index (κ1) is 20.9. The number of hydrogen-bond donors (Lipinski definition) is 2. The molecule has 0 spiro atoms. The summed E-state index contributed by atoms with van der Waals surface area (Å²) in [6.45, 7) is 3.82. The highest BCUT2D eigenvalue weighted by molar-refractivity contribution is 5.80. The van der Waals surface area contributed by atoms with E-state index in [9.17, 15) is 0 Å². The third-order valence-corrected chi connectivity index (χ3v) is 4.68. The van der Waals surface area contributed by atoms with Crippen molar-refractivity contribution in [2.45, 2.75) is 45.1 Å². The molecule has 0 fully saturated rings. The normalized spacial score (nSPS) is 17.4. The van der Waals surface area contributed by atoms with Crippen LogP contribution in [0.5, 0.6) is 11.5 Å². The topological polar surface area (TPSA) is 94.8 Å². The maximum Gasteiger partial charge on any atom is 0.191 e. The van der Waals surface area contributed by atoms with Crippen LogP contribution in [0.4, 0.5) is 0 Å². The first-order chi connectivity index (χ1) is 14.1. The molecule has 2 atom stereocenters. The van der Waals surface area contributed by atoms with E-state index in [1.807, 2.05) is 35.9 Å². The molecule has 9 heteroatoms. The van der Waals surface area contributed by atoms with Gasteiger partial charge in [0.05, 0.1) is 20.2 Å². The fraction of sp³-hybridized carbons (Fsp3) is 0.550. The van der Waals surface area contributed by atoms with Crippen molar-refractivity contribution in [3.63, 3.8) is 0 Å². The first-order valence-corrected chi connectivity index (χ1v) is 9.80. The number of fused-ring (bicyclic) bond motifs is 1. The molecule has 1 aliphatic rings. The van der Waals surface area contributed by atoms with Crippen molar-refractivity contribution in [1.29, 1.82) is 0 Å². The molecule has 0 saturated carbocycles. The highest BCUT2D eigenvalue weighted by Gasteiger charge is 2.22. The molecular formula is C20H30N6O3. The molecule has 1 aromatic carbocycles. The Morgan fingerprint density at radius 2 is 2.17 bits per heavy atom. The number of methoxy groups -OCH3 is 2. The predicted octanol–water partition coefficient (Wildman–Crippen LogP) is 1.38. The Bertz CT molecular complexity index is 822. The summed E-state index contributed by atoms with van der Waals surface area (Å²) in [5.74, 6) is 4.04. The summed E-state index contributed by atoms with van der Waals surface area (Å²) in [6, 6.07) is 7.83. The van der Waals surface area contributed by atoms with Gasteiger partial charge in [0.1, 0.15) is 30.0 Å². The summed E-state index contributed by atoms with van der Waals surface area (Å²) in [5, 5.41) is 11.3. The fourth-order valence-corrected chi connectivity index (χ4v) is 3.25. The van der Waals surface area contributed by atoms with Gasteiger partial charge in [0.25, 0.3) is 0 Å². The van der Waals surface area contributed by atoms with Gasteiger partial charge in [-0.2, -0.15) is 5.10 Å². The molecule has 158 valence electrons. The zero-order chi connectivity index (χ0) is 20.6. The van der Waals surface area contributed by atoms with Crippen molar-refractivity contribution in [2.75, 3.05) is 27.8 Å². The number of nitrogens with one attached hydrogen (secondary N) is 2. The second-order valence-corrected chi connectivity index (χ2v) is 7.00. The van der Waals surface area contributed by atoms with Crippen molar-refractivity contribution in [3.8, 4) is 11.5 Å². The number of ether oxygens (including phenoxy) is 3. The van der Waals surface area contributed by atoms with Crippen molar-refractivity contribution in [3.05, 3.63) is 35.9 Å². The molecule has 1 aromatic heterocycles. The van der Waals surface area contributed by atoms with Crippen LogP contribution >= 0.6 is 0 Å². The fourth-order valence-electron chi connectivity index (χ4n) is 3.25. The lowest BCUT2D eigenvalue weighted by molar-refractivity contribution is 0.177. The highest BCUT2D eigenvalue weighted by Crippen LogP contribution is 2.19. The van der Waals surface area contributed by atoms with Crippen molar-refractivity contribution >= 4 is 5.96 Å². The van der Waals surface area contributed by atoms with Crippen molar-refractivity contribution < 1.29 is 14.2 Å². The van der Waals surface area contributed by atoms with Crippen molar-refractivity contribution in [2.24, 2.45) is 4.99 Å². The van der Waals surface area contributed by atoms with Crippen LogP contribution in [0.1, 0.15) is 25.0 Å².